The van der Waals surface area contributed by atoms with E-state index < -0.39 is 0 Å². The second-order valence-electron chi connectivity index (χ2n) is 8.71. The van der Waals surface area contributed by atoms with Gasteiger partial charge in [0.15, 0.2) is 5.76 Å². The Morgan fingerprint density at radius 1 is 1.13 bits per heavy atom. The van der Waals surface area contributed by atoms with Crippen LogP contribution in [0, 0.1) is 11.3 Å². The average Bonchev–Trinajstić information content (AvgIpc) is 3.45. The molecule has 0 aromatic carbocycles. The van der Waals surface area contributed by atoms with Gasteiger partial charge in [0.1, 0.15) is 10.8 Å². The van der Waals surface area contributed by atoms with E-state index in [9.17, 15) is 9.59 Å². The van der Waals surface area contributed by atoms with Crippen molar-refractivity contribution in [2.24, 2.45) is 11.3 Å². The predicted molar refractivity (Wildman–Crippen MR) is 116 cm³/mol. The van der Waals surface area contributed by atoms with Gasteiger partial charge in [-0.1, -0.05) is 20.8 Å². The van der Waals surface area contributed by atoms with E-state index in [1.807, 2.05) is 6.07 Å². The maximum absolute atomic E-state index is 13.1. The number of thiophene rings is 1. The lowest BCUT2D eigenvalue weighted by atomic mass is 9.72. The fourth-order valence-electron chi connectivity index (χ4n) is 3.89. The molecule has 30 heavy (non-hydrogen) atoms. The Morgan fingerprint density at radius 3 is 2.57 bits per heavy atom. The molecule has 1 aliphatic carbocycles. The van der Waals surface area contributed by atoms with Crippen LogP contribution in [0.25, 0.3) is 0 Å². The summed E-state index contributed by atoms with van der Waals surface area (Å²) >= 11 is 1.50. The van der Waals surface area contributed by atoms with Crippen LogP contribution in [0.15, 0.2) is 45.6 Å². The Kier molecular flexibility index (Phi) is 5.56. The van der Waals surface area contributed by atoms with Crippen LogP contribution in [0.2, 0.25) is 0 Å². The minimum absolute atomic E-state index is 0.195. The van der Waals surface area contributed by atoms with E-state index in [4.69, 9.17) is 8.83 Å². The molecule has 3 aromatic rings. The van der Waals surface area contributed by atoms with Crippen LogP contribution < -0.4 is 10.6 Å². The Bertz CT molecular complexity index is 1030. The zero-order valence-electron chi connectivity index (χ0n) is 17.4. The van der Waals surface area contributed by atoms with Crippen molar-refractivity contribution in [3.05, 3.63) is 64.3 Å². The predicted octanol–water partition coefficient (Wildman–Crippen LogP) is 5.27. The van der Waals surface area contributed by atoms with E-state index in [1.165, 1.54) is 22.5 Å². The van der Waals surface area contributed by atoms with Crippen LogP contribution in [0.5, 0.6) is 0 Å². The van der Waals surface area contributed by atoms with E-state index >= 15 is 0 Å². The van der Waals surface area contributed by atoms with Crippen LogP contribution in [0.1, 0.15) is 64.3 Å². The zero-order chi connectivity index (χ0) is 21.3. The molecule has 6 nitrogen and oxygen atoms in total. The highest BCUT2D eigenvalue weighted by Gasteiger charge is 2.34. The van der Waals surface area contributed by atoms with Gasteiger partial charge in [0, 0.05) is 4.88 Å². The quantitative estimate of drug-likeness (QED) is 0.582. The maximum atomic E-state index is 13.1. The van der Waals surface area contributed by atoms with Crippen molar-refractivity contribution in [2.75, 3.05) is 5.32 Å². The van der Waals surface area contributed by atoms with Gasteiger partial charge in [0.25, 0.3) is 11.8 Å². The summed E-state index contributed by atoms with van der Waals surface area (Å²) in [4.78, 5) is 26.9. The number of furan rings is 2. The SMILES string of the molecule is CC(C)(C)C1CCc2c(sc(NC(=O)c3ccco3)c2C(=O)NCc2ccco2)C1. The molecule has 0 saturated heterocycles. The first-order chi connectivity index (χ1) is 14.3. The number of fused-ring (bicyclic) bond motifs is 1. The summed E-state index contributed by atoms with van der Waals surface area (Å²) in [6.07, 6.45) is 5.80. The number of hydrogen-bond acceptors (Lipinski definition) is 5. The lowest BCUT2D eigenvalue weighted by molar-refractivity contribution is 0.0947. The standard InChI is InChI=1S/C23H26N2O4S/c1-23(2,3)14-8-9-16-18(12-14)30-22(25-20(26)17-7-5-11-29-17)19(16)21(27)24-13-15-6-4-10-28-15/h4-7,10-11,14H,8-9,12-13H2,1-3H3,(H,24,27)(H,25,26). The van der Waals surface area contributed by atoms with Crippen molar-refractivity contribution >= 4 is 28.2 Å². The minimum atomic E-state index is -0.356. The third kappa shape index (κ3) is 4.21. The van der Waals surface area contributed by atoms with Crippen LogP contribution in [0.3, 0.4) is 0 Å². The molecule has 1 atom stereocenters. The largest absolute Gasteiger partial charge is 0.467 e. The van der Waals surface area contributed by atoms with E-state index in [0.717, 1.165) is 24.8 Å². The molecule has 0 spiro atoms. The third-order valence-corrected chi connectivity index (χ3v) is 6.86. The summed E-state index contributed by atoms with van der Waals surface area (Å²) in [6.45, 7) is 7.07. The molecule has 7 heteroatoms. The molecule has 1 aliphatic rings. The Balaban J connectivity index is 1.62. The second kappa shape index (κ2) is 8.14. The van der Waals surface area contributed by atoms with Crippen LogP contribution in [0.4, 0.5) is 5.00 Å². The van der Waals surface area contributed by atoms with Crippen LogP contribution >= 0.6 is 11.3 Å². The lowest BCUT2D eigenvalue weighted by Crippen LogP contribution is -2.28. The highest BCUT2D eigenvalue weighted by atomic mass is 32.1. The summed E-state index contributed by atoms with van der Waals surface area (Å²) in [5.74, 6) is 0.882. The molecular formula is C23H26N2O4S. The molecular weight excluding hydrogens is 400 g/mol. The Labute approximate surface area is 179 Å². The smallest absolute Gasteiger partial charge is 0.291 e. The summed E-state index contributed by atoms with van der Waals surface area (Å²) in [7, 11) is 0. The average molecular weight is 427 g/mol. The zero-order valence-corrected chi connectivity index (χ0v) is 18.2. The highest BCUT2D eigenvalue weighted by molar-refractivity contribution is 7.17. The van der Waals surface area contributed by atoms with Crippen molar-refractivity contribution in [1.82, 2.24) is 5.32 Å². The molecule has 3 heterocycles. The lowest BCUT2D eigenvalue weighted by Gasteiger charge is -2.33. The van der Waals surface area contributed by atoms with Gasteiger partial charge in [-0.05, 0) is 60.4 Å². The first-order valence-electron chi connectivity index (χ1n) is 10.1. The molecule has 3 aromatic heterocycles. The number of rotatable bonds is 5. The second-order valence-corrected chi connectivity index (χ2v) is 9.81. The van der Waals surface area contributed by atoms with Crippen LogP contribution in [-0.4, -0.2) is 11.8 Å². The number of carbonyl (C=O) groups excluding carboxylic acids is 2. The van der Waals surface area contributed by atoms with Gasteiger partial charge in [-0.15, -0.1) is 11.3 Å². The molecule has 2 N–H and O–H groups in total. The topological polar surface area (TPSA) is 84.5 Å². The van der Waals surface area contributed by atoms with Gasteiger partial charge < -0.3 is 19.5 Å². The maximum Gasteiger partial charge on any atom is 0.291 e. The number of hydrogen-bond donors (Lipinski definition) is 2. The first kappa shape index (κ1) is 20.5. The summed E-state index contributed by atoms with van der Waals surface area (Å²) in [5.41, 5.74) is 1.81. The van der Waals surface area contributed by atoms with E-state index in [0.29, 0.717) is 28.8 Å². The van der Waals surface area contributed by atoms with Crippen molar-refractivity contribution in [1.29, 1.82) is 0 Å². The number of carbonyl (C=O) groups is 2. The van der Waals surface area contributed by atoms with Gasteiger partial charge in [-0.25, -0.2) is 0 Å². The molecule has 158 valence electrons. The summed E-state index contributed by atoms with van der Waals surface area (Å²) in [6, 6.07) is 6.88. The molecule has 0 fully saturated rings. The Hall–Kier alpha value is -2.80. The van der Waals surface area contributed by atoms with Crippen molar-refractivity contribution in [3.8, 4) is 0 Å². The fourth-order valence-corrected chi connectivity index (χ4v) is 5.21. The molecule has 0 bridgehead atoms. The van der Waals surface area contributed by atoms with Gasteiger partial charge in [-0.2, -0.15) is 0 Å². The Morgan fingerprint density at radius 2 is 1.90 bits per heavy atom. The van der Waals surface area contributed by atoms with Gasteiger partial charge in [-0.3, -0.25) is 9.59 Å². The summed E-state index contributed by atoms with van der Waals surface area (Å²) in [5, 5.41) is 6.40. The number of anilines is 1. The van der Waals surface area contributed by atoms with E-state index in [2.05, 4.69) is 31.4 Å². The number of amides is 2. The fraction of sp³-hybridized carbons (Fsp3) is 0.391. The molecule has 0 radical (unpaired) electrons. The van der Waals surface area contributed by atoms with Crippen LogP contribution in [-0.2, 0) is 19.4 Å². The molecule has 4 rings (SSSR count). The van der Waals surface area contributed by atoms with Gasteiger partial charge in [0.2, 0.25) is 0 Å². The monoisotopic (exact) mass is 426 g/mol. The molecule has 2 amide bonds. The van der Waals surface area contributed by atoms with Gasteiger partial charge >= 0.3 is 0 Å². The van der Waals surface area contributed by atoms with E-state index in [1.54, 1.807) is 24.5 Å². The normalized spacial score (nSPS) is 16.2. The summed E-state index contributed by atoms with van der Waals surface area (Å²) < 4.78 is 10.5. The number of nitrogens with one attached hydrogen (secondary N) is 2. The van der Waals surface area contributed by atoms with Gasteiger partial charge in [0.05, 0.1) is 24.6 Å². The van der Waals surface area contributed by atoms with E-state index in [-0.39, 0.29) is 23.0 Å². The third-order valence-electron chi connectivity index (χ3n) is 5.69. The van der Waals surface area contributed by atoms with Crippen molar-refractivity contribution in [2.45, 2.75) is 46.6 Å². The highest BCUT2D eigenvalue weighted by Crippen LogP contribution is 2.44. The van der Waals surface area contributed by atoms with Crippen molar-refractivity contribution < 1.29 is 18.4 Å². The molecule has 1 unspecified atom stereocenters. The molecule has 0 aliphatic heterocycles. The van der Waals surface area contributed by atoms with Crippen molar-refractivity contribution in [3.63, 3.8) is 0 Å². The molecule has 0 saturated carbocycles. The minimum Gasteiger partial charge on any atom is -0.467 e. The first-order valence-corrected chi connectivity index (χ1v) is 10.9.